The van der Waals surface area contributed by atoms with E-state index < -0.39 is 5.60 Å². The lowest BCUT2D eigenvalue weighted by Gasteiger charge is -2.34. The number of hydrogen-bond donors (Lipinski definition) is 0. The van der Waals surface area contributed by atoms with Gasteiger partial charge in [0.2, 0.25) is 0 Å². The predicted octanol–water partition coefficient (Wildman–Crippen LogP) is 4.15. The Labute approximate surface area is 149 Å². The van der Waals surface area contributed by atoms with E-state index in [4.69, 9.17) is 9.47 Å². The van der Waals surface area contributed by atoms with Crippen LogP contribution in [0, 0.1) is 11.3 Å². The van der Waals surface area contributed by atoms with E-state index in [1.807, 2.05) is 51.1 Å². The van der Waals surface area contributed by atoms with Crippen molar-refractivity contribution in [1.82, 2.24) is 0 Å². The Morgan fingerprint density at radius 1 is 1.12 bits per heavy atom. The molecule has 0 bridgehead atoms. The molecule has 4 nitrogen and oxygen atoms in total. The van der Waals surface area contributed by atoms with E-state index >= 15 is 0 Å². The largest absolute Gasteiger partial charge is 0.466 e. The number of benzene rings is 1. The van der Waals surface area contributed by atoms with Crippen molar-refractivity contribution in [2.45, 2.75) is 52.1 Å². The Morgan fingerprint density at radius 2 is 1.76 bits per heavy atom. The van der Waals surface area contributed by atoms with Crippen LogP contribution in [0.3, 0.4) is 0 Å². The van der Waals surface area contributed by atoms with Gasteiger partial charge in [-0.05, 0) is 63.0 Å². The fraction of sp³-hybridized carbons (Fsp3) is 0.524. The van der Waals surface area contributed by atoms with Crippen LogP contribution in [-0.2, 0) is 19.1 Å². The third-order valence-corrected chi connectivity index (χ3v) is 5.01. The summed E-state index contributed by atoms with van der Waals surface area (Å²) in [6.07, 6.45) is 3.12. The molecule has 0 aliphatic heterocycles. The van der Waals surface area contributed by atoms with Crippen LogP contribution in [0.15, 0.2) is 35.9 Å². The summed E-state index contributed by atoms with van der Waals surface area (Å²) in [5, 5.41) is 0. The Bertz CT molecular complexity index is 705. The fourth-order valence-electron chi connectivity index (χ4n) is 3.87. The second-order valence-electron chi connectivity index (χ2n) is 8.13. The minimum atomic E-state index is -0.525. The van der Waals surface area contributed by atoms with Crippen molar-refractivity contribution in [2.75, 3.05) is 7.11 Å². The summed E-state index contributed by atoms with van der Waals surface area (Å²) in [4.78, 5) is 25.1. The average molecular weight is 342 g/mol. The molecule has 134 valence electrons. The predicted molar refractivity (Wildman–Crippen MR) is 95.6 cm³/mol. The SMILES string of the molecule is COC(=O)C1=C(c2ccccc2)C2(CC2)CC(C(=O)OC(C)(C)C)C1. The van der Waals surface area contributed by atoms with Crippen LogP contribution in [0.1, 0.15) is 52.0 Å². The van der Waals surface area contributed by atoms with E-state index in [2.05, 4.69) is 0 Å². The quantitative estimate of drug-likeness (QED) is 0.775. The van der Waals surface area contributed by atoms with Gasteiger partial charge in [-0.15, -0.1) is 0 Å². The Kier molecular flexibility index (Phi) is 4.48. The first-order valence-corrected chi connectivity index (χ1v) is 8.86. The van der Waals surface area contributed by atoms with E-state index in [0.717, 1.165) is 30.4 Å². The number of carbonyl (C=O) groups excluding carboxylic acids is 2. The summed E-state index contributed by atoms with van der Waals surface area (Å²) >= 11 is 0. The summed E-state index contributed by atoms with van der Waals surface area (Å²) in [6.45, 7) is 5.60. The molecule has 1 unspecified atom stereocenters. The topological polar surface area (TPSA) is 52.6 Å². The average Bonchev–Trinajstić information content (AvgIpc) is 3.32. The Morgan fingerprint density at radius 3 is 2.28 bits per heavy atom. The number of ether oxygens (including phenoxy) is 2. The van der Waals surface area contributed by atoms with Crippen molar-refractivity contribution >= 4 is 17.5 Å². The highest BCUT2D eigenvalue weighted by Crippen LogP contribution is 2.63. The zero-order chi connectivity index (χ0) is 18.2. The molecular weight excluding hydrogens is 316 g/mol. The van der Waals surface area contributed by atoms with Crippen molar-refractivity contribution in [3.05, 3.63) is 41.5 Å². The highest BCUT2D eigenvalue weighted by molar-refractivity contribution is 6.01. The minimum absolute atomic E-state index is 0.0926. The first kappa shape index (κ1) is 17.7. The fourth-order valence-corrected chi connectivity index (χ4v) is 3.87. The molecular formula is C21H26O4. The third kappa shape index (κ3) is 3.63. The van der Waals surface area contributed by atoms with Crippen LogP contribution in [0.2, 0.25) is 0 Å². The molecule has 0 amide bonds. The van der Waals surface area contributed by atoms with Gasteiger partial charge in [0, 0.05) is 5.57 Å². The molecule has 0 aromatic heterocycles. The lowest BCUT2D eigenvalue weighted by atomic mass is 9.72. The van der Waals surface area contributed by atoms with Crippen molar-refractivity contribution in [2.24, 2.45) is 11.3 Å². The van der Waals surface area contributed by atoms with Crippen LogP contribution < -0.4 is 0 Å². The molecule has 25 heavy (non-hydrogen) atoms. The molecule has 2 aliphatic rings. The molecule has 1 aromatic carbocycles. The molecule has 1 atom stereocenters. The van der Waals surface area contributed by atoms with Crippen LogP contribution in [0.25, 0.3) is 5.57 Å². The summed E-state index contributed by atoms with van der Waals surface area (Å²) in [7, 11) is 1.40. The van der Waals surface area contributed by atoms with Gasteiger partial charge >= 0.3 is 11.9 Å². The van der Waals surface area contributed by atoms with Crippen molar-refractivity contribution in [1.29, 1.82) is 0 Å². The lowest BCUT2D eigenvalue weighted by molar-refractivity contribution is -0.160. The molecule has 1 saturated carbocycles. The first-order chi connectivity index (χ1) is 11.8. The van der Waals surface area contributed by atoms with Gasteiger partial charge in [-0.1, -0.05) is 30.3 Å². The molecule has 0 N–H and O–H groups in total. The number of hydrogen-bond acceptors (Lipinski definition) is 4. The van der Waals surface area contributed by atoms with E-state index in [-0.39, 0.29) is 23.3 Å². The Hall–Kier alpha value is -2.10. The van der Waals surface area contributed by atoms with Gasteiger partial charge in [0.05, 0.1) is 13.0 Å². The Balaban J connectivity index is 2.00. The maximum Gasteiger partial charge on any atom is 0.334 e. The van der Waals surface area contributed by atoms with E-state index in [1.165, 1.54) is 7.11 Å². The van der Waals surface area contributed by atoms with Crippen LogP contribution in [0.5, 0.6) is 0 Å². The molecule has 2 aliphatic carbocycles. The summed E-state index contributed by atoms with van der Waals surface area (Å²) in [5.74, 6) is -0.839. The van der Waals surface area contributed by atoms with Gasteiger partial charge in [-0.3, -0.25) is 4.79 Å². The molecule has 4 heteroatoms. The number of rotatable bonds is 3. The zero-order valence-electron chi connectivity index (χ0n) is 15.4. The number of esters is 2. The van der Waals surface area contributed by atoms with Crippen molar-refractivity contribution in [3.8, 4) is 0 Å². The zero-order valence-corrected chi connectivity index (χ0v) is 15.4. The van der Waals surface area contributed by atoms with Gasteiger partial charge in [0.25, 0.3) is 0 Å². The summed E-state index contributed by atoms with van der Waals surface area (Å²) in [6, 6.07) is 9.99. The molecule has 0 heterocycles. The third-order valence-electron chi connectivity index (χ3n) is 5.01. The highest BCUT2D eigenvalue weighted by Gasteiger charge is 2.54. The normalized spacial score (nSPS) is 21.8. The van der Waals surface area contributed by atoms with Crippen LogP contribution in [0.4, 0.5) is 0 Å². The first-order valence-electron chi connectivity index (χ1n) is 8.86. The van der Waals surface area contributed by atoms with Crippen molar-refractivity contribution < 1.29 is 19.1 Å². The molecule has 1 fully saturated rings. The number of allylic oxidation sites excluding steroid dienone is 1. The van der Waals surface area contributed by atoms with Crippen LogP contribution >= 0.6 is 0 Å². The summed E-state index contributed by atoms with van der Waals surface area (Å²) < 4.78 is 10.6. The number of methoxy groups -OCH3 is 1. The van der Waals surface area contributed by atoms with Gasteiger partial charge in [-0.2, -0.15) is 0 Å². The minimum Gasteiger partial charge on any atom is -0.466 e. The standard InChI is InChI=1S/C21H26O4/c1-20(2,3)25-18(22)15-12-16(19(23)24-4)17(21(13-15)10-11-21)14-8-6-5-7-9-14/h5-9,15H,10-13H2,1-4H3. The maximum absolute atomic E-state index is 12.6. The van der Waals surface area contributed by atoms with E-state index in [0.29, 0.717) is 12.0 Å². The van der Waals surface area contributed by atoms with Gasteiger partial charge < -0.3 is 9.47 Å². The van der Waals surface area contributed by atoms with E-state index in [1.54, 1.807) is 0 Å². The van der Waals surface area contributed by atoms with E-state index in [9.17, 15) is 9.59 Å². The summed E-state index contributed by atoms with van der Waals surface area (Å²) in [5.41, 5.74) is 2.14. The molecule has 3 rings (SSSR count). The molecule has 0 radical (unpaired) electrons. The monoisotopic (exact) mass is 342 g/mol. The van der Waals surface area contributed by atoms with Gasteiger partial charge in [-0.25, -0.2) is 4.79 Å². The highest BCUT2D eigenvalue weighted by atomic mass is 16.6. The maximum atomic E-state index is 12.6. The number of carbonyl (C=O) groups is 2. The second kappa shape index (κ2) is 6.32. The van der Waals surface area contributed by atoms with Gasteiger partial charge in [0.15, 0.2) is 0 Å². The molecule has 1 aromatic rings. The smallest absolute Gasteiger partial charge is 0.334 e. The van der Waals surface area contributed by atoms with Crippen LogP contribution in [-0.4, -0.2) is 24.6 Å². The lowest BCUT2D eigenvalue weighted by Crippen LogP contribution is -2.34. The molecule has 0 saturated heterocycles. The second-order valence-corrected chi connectivity index (χ2v) is 8.13. The van der Waals surface area contributed by atoms with Crippen molar-refractivity contribution in [3.63, 3.8) is 0 Å². The molecule has 1 spiro atoms. The van der Waals surface area contributed by atoms with Gasteiger partial charge in [0.1, 0.15) is 5.60 Å².